The largest absolute Gasteiger partial charge is 0.319 e. The fourth-order valence-electron chi connectivity index (χ4n) is 2.40. The summed E-state index contributed by atoms with van der Waals surface area (Å²) in [6.07, 6.45) is 0.598. The van der Waals surface area contributed by atoms with Crippen molar-refractivity contribution >= 4 is 11.6 Å². The van der Waals surface area contributed by atoms with Crippen LogP contribution in [0.15, 0.2) is 48.5 Å². The highest BCUT2D eigenvalue weighted by Crippen LogP contribution is 2.30. The van der Waals surface area contributed by atoms with Crippen LogP contribution in [0, 0.1) is 11.6 Å². The molecular weight excluding hydrogens is 312 g/mol. The van der Waals surface area contributed by atoms with Crippen LogP contribution in [0.4, 0.5) is 14.5 Å². The van der Waals surface area contributed by atoms with Crippen molar-refractivity contribution in [2.45, 2.75) is 13.3 Å². The molecule has 122 valence electrons. The lowest BCUT2D eigenvalue weighted by molar-refractivity contribution is 0.102. The zero-order valence-electron chi connectivity index (χ0n) is 12.9. The number of nitrogens with zero attached hydrogens (tertiary/aromatic N) is 1. The molecule has 4 nitrogen and oxygen atoms in total. The normalized spacial score (nSPS) is 10.6. The third-order valence-electron chi connectivity index (χ3n) is 3.66. The number of aryl methyl sites for hydroxylation is 1. The van der Waals surface area contributed by atoms with Crippen LogP contribution < -0.4 is 5.32 Å². The number of halogens is 2. The summed E-state index contributed by atoms with van der Waals surface area (Å²) < 4.78 is 26.7. The lowest BCUT2D eigenvalue weighted by Gasteiger charge is -2.08. The topological polar surface area (TPSA) is 57.8 Å². The minimum Gasteiger partial charge on any atom is -0.319 e. The van der Waals surface area contributed by atoms with E-state index < -0.39 is 11.6 Å². The van der Waals surface area contributed by atoms with Gasteiger partial charge in [0.1, 0.15) is 5.69 Å². The minimum atomic E-state index is -0.964. The SMILES string of the molecule is CCc1[nH]nc(-c2ccc(F)c(F)c2)c1NC(=O)c1ccccc1. The molecule has 24 heavy (non-hydrogen) atoms. The molecule has 6 heteroatoms. The van der Waals surface area contributed by atoms with Crippen molar-refractivity contribution < 1.29 is 13.6 Å². The Kier molecular flexibility index (Phi) is 4.37. The van der Waals surface area contributed by atoms with Crippen LogP contribution in [-0.2, 0) is 6.42 Å². The quantitative estimate of drug-likeness (QED) is 0.755. The van der Waals surface area contributed by atoms with Gasteiger partial charge in [0.2, 0.25) is 0 Å². The molecule has 1 heterocycles. The third kappa shape index (κ3) is 3.03. The van der Waals surface area contributed by atoms with Gasteiger partial charge in [-0.05, 0) is 36.8 Å². The van der Waals surface area contributed by atoms with Crippen molar-refractivity contribution in [3.63, 3.8) is 0 Å². The van der Waals surface area contributed by atoms with Gasteiger partial charge >= 0.3 is 0 Å². The fourth-order valence-corrected chi connectivity index (χ4v) is 2.40. The molecule has 0 spiro atoms. The zero-order valence-corrected chi connectivity index (χ0v) is 12.9. The first-order valence-electron chi connectivity index (χ1n) is 7.49. The molecule has 0 unspecified atom stereocenters. The van der Waals surface area contributed by atoms with Gasteiger partial charge in [-0.2, -0.15) is 5.10 Å². The number of amides is 1. The first kappa shape index (κ1) is 15.9. The molecule has 3 aromatic rings. The Morgan fingerprint density at radius 1 is 1.12 bits per heavy atom. The molecule has 2 N–H and O–H groups in total. The summed E-state index contributed by atoms with van der Waals surface area (Å²) in [4.78, 5) is 12.4. The smallest absolute Gasteiger partial charge is 0.255 e. The Morgan fingerprint density at radius 3 is 2.54 bits per heavy atom. The Hall–Kier alpha value is -3.02. The maximum Gasteiger partial charge on any atom is 0.255 e. The number of hydrogen-bond acceptors (Lipinski definition) is 2. The first-order chi connectivity index (χ1) is 11.6. The molecule has 1 amide bonds. The molecule has 3 rings (SSSR count). The maximum absolute atomic E-state index is 13.5. The van der Waals surface area contributed by atoms with E-state index in [4.69, 9.17) is 0 Å². The number of rotatable bonds is 4. The summed E-state index contributed by atoms with van der Waals surface area (Å²) in [7, 11) is 0. The molecule has 1 aromatic heterocycles. The molecule has 0 bridgehead atoms. The van der Waals surface area contributed by atoms with Gasteiger partial charge in [0.25, 0.3) is 5.91 Å². The summed E-state index contributed by atoms with van der Waals surface area (Å²) in [6.45, 7) is 1.90. The van der Waals surface area contributed by atoms with E-state index in [1.807, 2.05) is 13.0 Å². The van der Waals surface area contributed by atoms with Crippen LogP contribution in [0.2, 0.25) is 0 Å². The number of carbonyl (C=O) groups excluding carboxylic acids is 1. The Balaban J connectivity index is 1.99. The number of nitrogens with one attached hydrogen (secondary N) is 2. The van der Waals surface area contributed by atoms with E-state index in [-0.39, 0.29) is 5.91 Å². The standard InChI is InChI=1S/C18H15F2N3O/c1-2-15-17(21-18(24)11-6-4-3-5-7-11)16(23-22-15)12-8-9-13(19)14(20)10-12/h3-10H,2H2,1H3,(H,21,24)(H,22,23). The maximum atomic E-state index is 13.5. The molecule has 0 aliphatic carbocycles. The first-order valence-corrected chi connectivity index (χ1v) is 7.49. The molecule has 0 saturated carbocycles. The van der Waals surface area contributed by atoms with Crippen molar-refractivity contribution in [1.29, 1.82) is 0 Å². The third-order valence-corrected chi connectivity index (χ3v) is 3.66. The van der Waals surface area contributed by atoms with Gasteiger partial charge in [0.15, 0.2) is 11.6 Å². The number of anilines is 1. The van der Waals surface area contributed by atoms with E-state index >= 15 is 0 Å². The molecule has 0 radical (unpaired) electrons. The summed E-state index contributed by atoms with van der Waals surface area (Å²) in [5.74, 6) is -2.19. The van der Waals surface area contributed by atoms with Gasteiger partial charge in [0.05, 0.1) is 11.4 Å². The number of carbonyl (C=O) groups is 1. The van der Waals surface area contributed by atoms with E-state index in [0.29, 0.717) is 34.6 Å². The average Bonchev–Trinajstić information content (AvgIpc) is 3.00. The molecule has 0 saturated heterocycles. The zero-order chi connectivity index (χ0) is 17.1. The van der Waals surface area contributed by atoms with Crippen molar-refractivity contribution in [3.05, 3.63) is 71.4 Å². The Labute approximate surface area is 137 Å². The van der Waals surface area contributed by atoms with Gasteiger partial charge in [-0.1, -0.05) is 25.1 Å². The van der Waals surface area contributed by atoms with Crippen molar-refractivity contribution in [1.82, 2.24) is 10.2 Å². The Bertz CT molecular complexity index is 875. The lowest BCUT2D eigenvalue weighted by Crippen LogP contribution is -2.13. The molecule has 0 aliphatic heterocycles. The second-order valence-corrected chi connectivity index (χ2v) is 5.23. The molecule has 0 aliphatic rings. The second-order valence-electron chi connectivity index (χ2n) is 5.23. The van der Waals surface area contributed by atoms with Crippen LogP contribution in [0.5, 0.6) is 0 Å². The number of aromatic amines is 1. The lowest BCUT2D eigenvalue weighted by atomic mass is 10.1. The van der Waals surface area contributed by atoms with Gasteiger partial charge < -0.3 is 5.32 Å². The fraction of sp³-hybridized carbons (Fsp3) is 0.111. The predicted molar refractivity (Wildman–Crippen MR) is 87.7 cm³/mol. The van der Waals surface area contributed by atoms with E-state index in [1.165, 1.54) is 6.07 Å². The second kappa shape index (κ2) is 6.62. The van der Waals surface area contributed by atoms with Crippen LogP contribution >= 0.6 is 0 Å². The van der Waals surface area contributed by atoms with Gasteiger partial charge in [-0.3, -0.25) is 9.89 Å². The van der Waals surface area contributed by atoms with E-state index in [2.05, 4.69) is 15.5 Å². The highest BCUT2D eigenvalue weighted by atomic mass is 19.2. The summed E-state index contributed by atoms with van der Waals surface area (Å²) in [5, 5.41) is 9.79. The van der Waals surface area contributed by atoms with Gasteiger partial charge in [0, 0.05) is 11.1 Å². The monoisotopic (exact) mass is 327 g/mol. The van der Waals surface area contributed by atoms with E-state index in [1.54, 1.807) is 24.3 Å². The number of aromatic nitrogens is 2. The molecular formula is C18H15F2N3O. The molecule has 2 aromatic carbocycles. The van der Waals surface area contributed by atoms with E-state index in [0.717, 1.165) is 12.1 Å². The summed E-state index contributed by atoms with van der Waals surface area (Å²) in [5.41, 5.74) is 2.43. The van der Waals surface area contributed by atoms with Crippen LogP contribution in [0.1, 0.15) is 23.0 Å². The number of hydrogen-bond donors (Lipinski definition) is 2. The summed E-state index contributed by atoms with van der Waals surface area (Å²) >= 11 is 0. The highest BCUT2D eigenvalue weighted by molar-refractivity contribution is 6.06. The van der Waals surface area contributed by atoms with Crippen molar-refractivity contribution in [2.75, 3.05) is 5.32 Å². The van der Waals surface area contributed by atoms with Crippen LogP contribution in [-0.4, -0.2) is 16.1 Å². The highest BCUT2D eigenvalue weighted by Gasteiger charge is 2.18. The van der Waals surface area contributed by atoms with Crippen molar-refractivity contribution in [3.8, 4) is 11.3 Å². The van der Waals surface area contributed by atoms with Gasteiger partial charge in [-0.15, -0.1) is 0 Å². The molecule has 0 atom stereocenters. The van der Waals surface area contributed by atoms with Crippen LogP contribution in [0.3, 0.4) is 0 Å². The minimum absolute atomic E-state index is 0.296. The van der Waals surface area contributed by atoms with Crippen LogP contribution in [0.25, 0.3) is 11.3 Å². The number of H-pyrrole nitrogens is 1. The molecule has 0 fully saturated rings. The van der Waals surface area contributed by atoms with Gasteiger partial charge in [-0.25, -0.2) is 8.78 Å². The average molecular weight is 327 g/mol. The number of benzene rings is 2. The Morgan fingerprint density at radius 2 is 1.88 bits per heavy atom. The van der Waals surface area contributed by atoms with E-state index in [9.17, 15) is 13.6 Å². The van der Waals surface area contributed by atoms with Crippen molar-refractivity contribution in [2.24, 2.45) is 0 Å². The predicted octanol–water partition coefficient (Wildman–Crippen LogP) is 4.17. The summed E-state index contributed by atoms with van der Waals surface area (Å²) in [6, 6.07) is 12.3.